The van der Waals surface area contributed by atoms with Gasteiger partial charge in [0.1, 0.15) is 12.3 Å². The van der Waals surface area contributed by atoms with Crippen LogP contribution in [0.4, 0.5) is 0 Å². The number of nitrogens with zero attached hydrogens (tertiary/aromatic N) is 1. The van der Waals surface area contributed by atoms with Crippen LogP contribution in [0.15, 0.2) is 22.7 Å². The van der Waals surface area contributed by atoms with Crippen molar-refractivity contribution >= 4 is 27.7 Å². The molecule has 4 aliphatic rings. The first-order valence-corrected chi connectivity index (χ1v) is 9.28. The van der Waals surface area contributed by atoms with Crippen LogP contribution in [0.2, 0.25) is 0 Å². The number of halogens is 1. The van der Waals surface area contributed by atoms with Gasteiger partial charge in [-0.25, -0.2) is 0 Å². The molecule has 0 spiro atoms. The Kier molecular flexibility index (Phi) is 3.73. The van der Waals surface area contributed by atoms with Gasteiger partial charge in [0.05, 0.1) is 0 Å². The SMILES string of the molecule is CC1CC(O)(NC(=O)CN2C(=O)c3ccc(Br)cc3C3CC2C3)C1. The minimum absolute atomic E-state index is 0.0163. The lowest BCUT2D eigenvalue weighted by Crippen LogP contribution is -2.59. The van der Waals surface area contributed by atoms with Gasteiger partial charge in [-0.05, 0) is 61.3 Å². The highest BCUT2D eigenvalue weighted by Gasteiger charge is 2.45. The molecule has 0 unspecified atom stereocenters. The monoisotopic (exact) mass is 392 g/mol. The van der Waals surface area contributed by atoms with Gasteiger partial charge in [0.25, 0.3) is 5.91 Å². The van der Waals surface area contributed by atoms with E-state index in [4.69, 9.17) is 0 Å². The maximum atomic E-state index is 12.9. The van der Waals surface area contributed by atoms with E-state index in [0.29, 0.717) is 30.2 Å². The summed E-state index contributed by atoms with van der Waals surface area (Å²) in [4.78, 5) is 26.9. The molecule has 0 radical (unpaired) electrons. The fraction of sp³-hybridized carbons (Fsp3) is 0.556. The Morgan fingerprint density at radius 1 is 1.42 bits per heavy atom. The molecule has 2 fully saturated rings. The van der Waals surface area contributed by atoms with E-state index in [-0.39, 0.29) is 24.4 Å². The molecular weight excluding hydrogens is 372 g/mol. The molecule has 0 atom stereocenters. The molecule has 5 rings (SSSR count). The van der Waals surface area contributed by atoms with Gasteiger partial charge < -0.3 is 15.3 Å². The Balaban J connectivity index is 1.50. The molecule has 2 bridgehead atoms. The third-order valence-electron chi connectivity index (χ3n) is 5.56. The number of amides is 2. The Bertz CT molecular complexity index is 708. The van der Waals surface area contributed by atoms with Gasteiger partial charge >= 0.3 is 0 Å². The maximum Gasteiger partial charge on any atom is 0.254 e. The fourth-order valence-corrected chi connectivity index (χ4v) is 4.71. The molecule has 5 nitrogen and oxygen atoms in total. The zero-order valence-electron chi connectivity index (χ0n) is 13.6. The van der Waals surface area contributed by atoms with E-state index >= 15 is 0 Å². The minimum atomic E-state index is -1.09. The molecule has 2 N–H and O–H groups in total. The molecule has 6 heteroatoms. The van der Waals surface area contributed by atoms with Gasteiger partial charge in [-0.15, -0.1) is 0 Å². The van der Waals surface area contributed by atoms with Gasteiger partial charge in [0, 0.05) is 16.1 Å². The number of nitrogens with one attached hydrogen (secondary N) is 1. The molecule has 1 aromatic carbocycles. The summed E-state index contributed by atoms with van der Waals surface area (Å²) in [6.07, 6.45) is 2.97. The third-order valence-corrected chi connectivity index (χ3v) is 6.05. The first-order chi connectivity index (χ1) is 11.3. The number of carbonyl (C=O) groups excluding carboxylic acids is 2. The number of hydrogen-bond donors (Lipinski definition) is 2. The largest absolute Gasteiger partial charge is 0.371 e. The van der Waals surface area contributed by atoms with E-state index in [2.05, 4.69) is 21.2 Å². The molecule has 2 saturated carbocycles. The summed E-state index contributed by atoms with van der Waals surface area (Å²) < 4.78 is 0.977. The lowest BCUT2D eigenvalue weighted by molar-refractivity contribution is -0.142. The summed E-state index contributed by atoms with van der Waals surface area (Å²) in [6, 6.07) is 5.86. The van der Waals surface area contributed by atoms with Gasteiger partial charge in [-0.1, -0.05) is 22.9 Å². The fourth-order valence-electron chi connectivity index (χ4n) is 4.33. The minimum Gasteiger partial charge on any atom is -0.371 e. The Morgan fingerprint density at radius 3 is 2.79 bits per heavy atom. The van der Waals surface area contributed by atoms with Gasteiger partial charge in [-0.3, -0.25) is 9.59 Å². The first kappa shape index (κ1) is 16.1. The molecule has 1 aromatic rings. The maximum absolute atomic E-state index is 12.9. The van der Waals surface area contributed by atoms with Gasteiger partial charge in [-0.2, -0.15) is 0 Å². The van der Waals surface area contributed by atoms with Crippen LogP contribution in [-0.4, -0.2) is 40.1 Å². The summed E-state index contributed by atoms with van der Waals surface area (Å²) in [5.41, 5.74) is 0.697. The van der Waals surface area contributed by atoms with E-state index in [1.165, 1.54) is 0 Å². The van der Waals surface area contributed by atoms with E-state index in [1.807, 2.05) is 25.1 Å². The average molecular weight is 393 g/mol. The summed E-state index contributed by atoms with van der Waals surface area (Å²) >= 11 is 3.47. The van der Waals surface area contributed by atoms with Crippen molar-refractivity contribution in [3.8, 4) is 0 Å². The average Bonchev–Trinajstić information content (AvgIpc) is 2.58. The summed E-state index contributed by atoms with van der Waals surface area (Å²) in [5.74, 6) is 0.470. The predicted molar refractivity (Wildman–Crippen MR) is 92.4 cm³/mol. The second-order valence-corrected chi connectivity index (χ2v) is 8.50. The van der Waals surface area contributed by atoms with Crippen LogP contribution in [0.5, 0.6) is 0 Å². The van der Waals surface area contributed by atoms with Crippen molar-refractivity contribution in [1.29, 1.82) is 0 Å². The van der Waals surface area contributed by atoms with Crippen molar-refractivity contribution in [3.05, 3.63) is 33.8 Å². The standard InChI is InChI=1S/C18H21BrN2O3/c1-10-7-18(24,8-10)20-16(22)9-21-13-4-11(5-13)15-6-12(19)2-3-14(15)17(21)23/h2-3,6,10-11,13,24H,4-5,7-9H2,1H3,(H,20,22). The van der Waals surface area contributed by atoms with Gasteiger partial charge in [0.2, 0.25) is 5.91 Å². The number of aliphatic hydroxyl groups is 1. The number of benzene rings is 1. The van der Waals surface area contributed by atoms with Crippen molar-refractivity contribution in [2.75, 3.05) is 6.54 Å². The van der Waals surface area contributed by atoms with E-state index < -0.39 is 5.72 Å². The van der Waals surface area contributed by atoms with Crippen molar-refractivity contribution in [2.45, 2.75) is 50.3 Å². The molecule has 2 heterocycles. The van der Waals surface area contributed by atoms with Crippen molar-refractivity contribution in [3.63, 3.8) is 0 Å². The summed E-state index contributed by atoms with van der Waals surface area (Å²) in [7, 11) is 0. The zero-order chi connectivity index (χ0) is 17.1. The number of fused-ring (bicyclic) bond motifs is 1. The molecule has 128 valence electrons. The summed E-state index contributed by atoms with van der Waals surface area (Å²) in [5, 5.41) is 12.9. The second-order valence-electron chi connectivity index (χ2n) is 7.58. The van der Waals surface area contributed by atoms with Crippen molar-refractivity contribution in [2.24, 2.45) is 5.92 Å². The highest BCUT2D eigenvalue weighted by Crippen LogP contribution is 2.45. The van der Waals surface area contributed by atoms with Crippen LogP contribution in [0.1, 0.15) is 54.4 Å². The van der Waals surface area contributed by atoms with Crippen LogP contribution in [0.3, 0.4) is 0 Å². The number of hydrogen-bond acceptors (Lipinski definition) is 3. The lowest BCUT2D eigenvalue weighted by Gasteiger charge is -2.43. The van der Waals surface area contributed by atoms with E-state index in [1.54, 1.807) is 4.90 Å². The first-order valence-electron chi connectivity index (χ1n) is 8.48. The Hall–Kier alpha value is -1.40. The third kappa shape index (κ3) is 2.65. The molecule has 0 aromatic heterocycles. The van der Waals surface area contributed by atoms with Crippen LogP contribution in [0, 0.1) is 5.92 Å². The molecule has 2 aliphatic heterocycles. The molecular formula is C18H21BrN2O3. The van der Waals surface area contributed by atoms with Crippen LogP contribution >= 0.6 is 15.9 Å². The van der Waals surface area contributed by atoms with E-state index in [9.17, 15) is 14.7 Å². The summed E-state index contributed by atoms with van der Waals surface area (Å²) in [6.45, 7) is 2.06. The molecule has 24 heavy (non-hydrogen) atoms. The smallest absolute Gasteiger partial charge is 0.254 e. The highest BCUT2D eigenvalue weighted by molar-refractivity contribution is 9.10. The Labute approximate surface area is 149 Å². The number of carbonyl (C=O) groups is 2. The second kappa shape index (κ2) is 5.56. The molecule has 0 saturated heterocycles. The number of rotatable bonds is 3. The van der Waals surface area contributed by atoms with Crippen molar-refractivity contribution < 1.29 is 14.7 Å². The topological polar surface area (TPSA) is 69.6 Å². The highest BCUT2D eigenvalue weighted by atomic mass is 79.9. The van der Waals surface area contributed by atoms with E-state index in [0.717, 1.165) is 22.9 Å². The van der Waals surface area contributed by atoms with Crippen LogP contribution in [0.25, 0.3) is 0 Å². The predicted octanol–water partition coefficient (Wildman–Crippen LogP) is 2.39. The van der Waals surface area contributed by atoms with Gasteiger partial charge in [0.15, 0.2) is 0 Å². The van der Waals surface area contributed by atoms with Crippen LogP contribution in [-0.2, 0) is 4.79 Å². The zero-order valence-corrected chi connectivity index (χ0v) is 15.2. The quantitative estimate of drug-likeness (QED) is 0.775. The Morgan fingerprint density at radius 2 is 2.12 bits per heavy atom. The molecule has 2 aliphatic carbocycles. The van der Waals surface area contributed by atoms with Crippen LogP contribution < -0.4 is 5.32 Å². The lowest BCUT2D eigenvalue weighted by atomic mass is 9.76. The molecule has 2 amide bonds. The normalized spacial score (nSPS) is 33.9. The van der Waals surface area contributed by atoms with Crippen molar-refractivity contribution in [1.82, 2.24) is 10.2 Å².